The molecule has 0 unspecified atom stereocenters. The van der Waals surface area contributed by atoms with Crippen LogP contribution in [0.3, 0.4) is 0 Å². The second-order valence-electron chi connectivity index (χ2n) is 4.53. The average molecular weight is 276 g/mol. The lowest BCUT2D eigenvalue weighted by Gasteiger charge is -2.05. The molecule has 2 heterocycles. The van der Waals surface area contributed by atoms with E-state index in [1.807, 2.05) is 26.8 Å². The van der Waals surface area contributed by atoms with Crippen LogP contribution in [0.4, 0.5) is 11.6 Å². The Bertz CT molecular complexity index is 622. The summed E-state index contributed by atoms with van der Waals surface area (Å²) in [6, 6.07) is 1.82. The van der Waals surface area contributed by atoms with E-state index in [1.165, 1.54) is 10.9 Å². The highest BCUT2D eigenvalue weighted by Crippen LogP contribution is 2.21. The third kappa shape index (κ3) is 2.73. The summed E-state index contributed by atoms with van der Waals surface area (Å²) in [5.74, 6) is 0.743. The van der Waals surface area contributed by atoms with Crippen LogP contribution in [-0.4, -0.2) is 31.2 Å². The summed E-state index contributed by atoms with van der Waals surface area (Å²) in [6.07, 6.45) is 2.86. The van der Waals surface area contributed by atoms with E-state index in [2.05, 4.69) is 20.4 Å². The van der Waals surface area contributed by atoms with Crippen LogP contribution in [0.5, 0.6) is 0 Å². The van der Waals surface area contributed by atoms with Crippen LogP contribution in [0.1, 0.15) is 32.4 Å². The van der Waals surface area contributed by atoms with Gasteiger partial charge in [0, 0.05) is 12.7 Å². The Labute approximate surface area is 116 Å². The topological polar surface area (TPSA) is 98.8 Å². The van der Waals surface area contributed by atoms with Gasteiger partial charge in [0.25, 0.3) is 0 Å². The van der Waals surface area contributed by atoms with Gasteiger partial charge in [0.1, 0.15) is 6.20 Å². The van der Waals surface area contributed by atoms with E-state index in [4.69, 9.17) is 0 Å². The van der Waals surface area contributed by atoms with E-state index in [9.17, 15) is 10.1 Å². The van der Waals surface area contributed by atoms with Crippen molar-refractivity contribution < 1.29 is 4.92 Å². The molecule has 106 valence electrons. The van der Waals surface area contributed by atoms with Gasteiger partial charge >= 0.3 is 5.69 Å². The molecule has 0 saturated carbocycles. The van der Waals surface area contributed by atoms with E-state index in [0.717, 1.165) is 5.69 Å². The van der Waals surface area contributed by atoms with Crippen LogP contribution in [0.15, 0.2) is 18.5 Å². The molecule has 0 saturated heterocycles. The zero-order valence-corrected chi connectivity index (χ0v) is 11.6. The van der Waals surface area contributed by atoms with Gasteiger partial charge in [0.15, 0.2) is 0 Å². The van der Waals surface area contributed by atoms with Crippen molar-refractivity contribution in [1.29, 1.82) is 0 Å². The molecule has 1 N–H and O–H groups in total. The summed E-state index contributed by atoms with van der Waals surface area (Å²) in [7, 11) is 0. The molecule has 2 rings (SSSR count). The van der Waals surface area contributed by atoms with Crippen molar-refractivity contribution in [1.82, 2.24) is 19.7 Å². The Morgan fingerprint density at radius 1 is 1.50 bits per heavy atom. The minimum atomic E-state index is -0.512. The third-order valence-corrected chi connectivity index (χ3v) is 2.70. The molecular formula is C12H16N6O2. The number of nitrogens with one attached hydrogen (secondary N) is 1. The highest BCUT2D eigenvalue weighted by Gasteiger charge is 2.20. The first-order valence-electron chi connectivity index (χ1n) is 6.34. The predicted octanol–water partition coefficient (Wildman–Crippen LogP) is 2.13. The summed E-state index contributed by atoms with van der Waals surface area (Å²) in [6.45, 7) is 6.54. The van der Waals surface area contributed by atoms with Gasteiger partial charge in [0.05, 0.1) is 10.6 Å². The van der Waals surface area contributed by atoms with Crippen molar-refractivity contribution in [2.75, 3.05) is 11.9 Å². The quantitative estimate of drug-likeness (QED) is 0.663. The number of rotatable bonds is 5. The monoisotopic (exact) mass is 276 g/mol. The first-order chi connectivity index (χ1) is 9.52. The van der Waals surface area contributed by atoms with Gasteiger partial charge in [-0.25, -0.2) is 9.67 Å². The lowest BCUT2D eigenvalue weighted by Crippen LogP contribution is -2.09. The first kappa shape index (κ1) is 13.9. The second kappa shape index (κ2) is 5.64. The minimum Gasteiger partial charge on any atom is -0.354 e. The Hall–Kier alpha value is -2.51. The number of anilines is 1. The molecular weight excluding hydrogens is 260 g/mol. The summed E-state index contributed by atoms with van der Waals surface area (Å²) in [5, 5.41) is 18.3. The number of hydrogen-bond acceptors (Lipinski definition) is 6. The lowest BCUT2D eigenvalue weighted by molar-refractivity contribution is -0.385. The molecule has 0 fully saturated rings. The fourth-order valence-corrected chi connectivity index (χ4v) is 1.67. The summed E-state index contributed by atoms with van der Waals surface area (Å²) in [4.78, 5) is 18.6. The van der Waals surface area contributed by atoms with Gasteiger partial charge < -0.3 is 5.32 Å². The van der Waals surface area contributed by atoms with Gasteiger partial charge in [-0.3, -0.25) is 10.1 Å². The zero-order valence-electron chi connectivity index (χ0n) is 11.6. The average Bonchev–Trinajstić information content (AvgIpc) is 2.88. The maximum Gasteiger partial charge on any atom is 0.332 e. The highest BCUT2D eigenvalue weighted by molar-refractivity contribution is 5.48. The first-order valence-corrected chi connectivity index (χ1v) is 6.34. The number of nitrogens with zero attached hydrogens (tertiary/aromatic N) is 5. The minimum absolute atomic E-state index is 0.160. The smallest absolute Gasteiger partial charge is 0.332 e. The Kier molecular flexibility index (Phi) is 3.92. The molecule has 0 aliphatic carbocycles. The van der Waals surface area contributed by atoms with E-state index in [-0.39, 0.29) is 17.4 Å². The maximum absolute atomic E-state index is 11.1. The van der Waals surface area contributed by atoms with Gasteiger partial charge in [-0.15, -0.1) is 0 Å². The van der Waals surface area contributed by atoms with Crippen LogP contribution in [0.2, 0.25) is 0 Å². The molecule has 8 heteroatoms. The number of aromatic nitrogens is 4. The lowest BCUT2D eigenvalue weighted by atomic mass is 10.1. The van der Waals surface area contributed by atoms with E-state index in [0.29, 0.717) is 12.5 Å². The van der Waals surface area contributed by atoms with Gasteiger partial charge in [-0.05, 0) is 18.9 Å². The molecule has 20 heavy (non-hydrogen) atoms. The van der Waals surface area contributed by atoms with Crippen LogP contribution in [-0.2, 0) is 0 Å². The molecule has 0 atom stereocenters. The predicted molar refractivity (Wildman–Crippen MR) is 74.1 cm³/mol. The molecule has 0 bridgehead atoms. The molecule has 0 aliphatic rings. The SMILES string of the molecule is CCNc1ncc([N+](=O)[O-])c(-n2ccc(C(C)C)n2)n1. The Morgan fingerprint density at radius 3 is 2.80 bits per heavy atom. The molecule has 0 spiro atoms. The molecule has 0 aromatic carbocycles. The maximum atomic E-state index is 11.1. The fourth-order valence-electron chi connectivity index (χ4n) is 1.67. The van der Waals surface area contributed by atoms with Crippen molar-refractivity contribution in [2.24, 2.45) is 0 Å². The summed E-state index contributed by atoms with van der Waals surface area (Å²) < 4.78 is 1.41. The molecule has 0 amide bonds. The van der Waals surface area contributed by atoms with Crippen LogP contribution >= 0.6 is 0 Å². The summed E-state index contributed by atoms with van der Waals surface area (Å²) >= 11 is 0. The molecule has 2 aromatic rings. The Morgan fingerprint density at radius 2 is 2.25 bits per heavy atom. The third-order valence-electron chi connectivity index (χ3n) is 2.70. The zero-order chi connectivity index (χ0) is 14.7. The normalized spacial score (nSPS) is 10.8. The molecule has 0 aliphatic heterocycles. The second-order valence-corrected chi connectivity index (χ2v) is 4.53. The van der Waals surface area contributed by atoms with Gasteiger partial charge in [-0.2, -0.15) is 10.1 Å². The van der Waals surface area contributed by atoms with Crippen molar-refractivity contribution in [3.63, 3.8) is 0 Å². The van der Waals surface area contributed by atoms with E-state index in [1.54, 1.807) is 6.20 Å². The Balaban J connectivity index is 2.50. The molecule has 2 aromatic heterocycles. The van der Waals surface area contributed by atoms with E-state index < -0.39 is 4.92 Å². The van der Waals surface area contributed by atoms with Crippen LogP contribution in [0.25, 0.3) is 5.82 Å². The van der Waals surface area contributed by atoms with Crippen LogP contribution in [0, 0.1) is 10.1 Å². The molecule has 0 radical (unpaired) electrons. The fraction of sp³-hybridized carbons (Fsp3) is 0.417. The van der Waals surface area contributed by atoms with Gasteiger partial charge in [0.2, 0.25) is 11.8 Å². The number of hydrogen-bond donors (Lipinski definition) is 1. The summed E-state index contributed by atoms with van der Waals surface area (Å²) in [5.41, 5.74) is 0.674. The highest BCUT2D eigenvalue weighted by atomic mass is 16.6. The van der Waals surface area contributed by atoms with Crippen molar-refractivity contribution >= 4 is 11.6 Å². The van der Waals surface area contributed by atoms with Gasteiger partial charge in [-0.1, -0.05) is 13.8 Å². The van der Waals surface area contributed by atoms with Crippen LogP contribution < -0.4 is 5.32 Å². The van der Waals surface area contributed by atoms with Crippen molar-refractivity contribution in [2.45, 2.75) is 26.7 Å². The van der Waals surface area contributed by atoms with Crippen molar-refractivity contribution in [3.05, 3.63) is 34.3 Å². The standard InChI is InChI=1S/C12H16N6O2/c1-4-13-12-14-7-10(18(19)20)11(15-12)17-6-5-9(16-17)8(2)3/h5-8H,4H2,1-3H3,(H,13,14,15). The van der Waals surface area contributed by atoms with E-state index >= 15 is 0 Å². The number of nitro groups is 1. The largest absolute Gasteiger partial charge is 0.354 e. The molecule has 8 nitrogen and oxygen atoms in total. The van der Waals surface area contributed by atoms with Crippen molar-refractivity contribution in [3.8, 4) is 5.82 Å².